The van der Waals surface area contributed by atoms with Gasteiger partial charge in [0.05, 0.1) is 12.1 Å². The van der Waals surface area contributed by atoms with Gasteiger partial charge in [-0.1, -0.05) is 29.3 Å². The van der Waals surface area contributed by atoms with Crippen molar-refractivity contribution in [2.45, 2.75) is 25.7 Å². The molecule has 2 aromatic rings. The zero-order valence-electron chi connectivity index (χ0n) is 13.4. The standard InChI is InChI=1S/C17H17Cl2N3O2S/c18-12-4-3-11(14(19)8-12)5-6-20-15(23)9-13-10-25-17(21-13)22-7-1-2-16(22)24/h3-4,8,10H,1-2,5-7,9H2,(H,20,23). The number of carbonyl (C=O) groups excluding carboxylic acids is 2. The van der Waals surface area contributed by atoms with E-state index in [1.807, 2.05) is 11.4 Å². The van der Waals surface area contributed by atoms with E-state index in [2.05, 4.69) is 10.3 Å². The van der Waals surface area contributed by atoms with Crippen LogP contribution in [0.5, 0.6) is 0 Å². The summed E-state index contributed by atoms with van der Waals surface area (Å²) in [6.45, 7) is 1.20. The summed E-state index contributed by atoms with van der Waals surface area (Å²) in [6, 6.07) is 5.33. The minimum Gasteiger partial charge on any atom is -0.355 e. The van der Waals surface area contributed by atoms with Crippen LogP contribution in [0.4, 0.5) is 5.13 Å². The van der Waals surface area contributed by atoms with Crippen LogP contribution in [0.15, 0.2) is 23.6 Å². The molecule has 1 aromatic carbocycles. The second-order valence-corrected chi connectivity index (χ2v) is 7.46. The molecule has 25 heavy (non-hydrogen) atoms. The fourth-order valence-electron chi connectivity index (χ4n) is 2.64. The molecule has 0 spiro atoms. The van der Waals surface area contributed by atoms with Crippen molar-refractivity contribution in [2.24, 2.45) is 0 Å². The fourth-order valence-corrected chi connectivity index (χ4v) is 4.01. The third-order valence-corrected chi connectivity index (χ3v) is 5.42. The van der Waals surface area contributed by atoms with Gasteiger partial charge in [0.25, 0.3) is 0 Å². The van der Waals surface area contributed by atoms with E-state index in [1.54, 1.807) is 17.0 Å². The monoisotopic (exact) mass is 397 g/mol. The van der Waals surface area contributed by atoms with Crippen molar-refractivity contribution < 1.29 is 9.59 Å². The molecular weight excluding hydrogens is 381 g/mol. The van der Waals surface area contributed by atoms with Crippen LogP contribution in [-0.2, 0) is 22.4 Å². The molecule has 1 saturated heterocycles. The molecule has 5 nitrogen and oxygen atoms in total. The Morgan fingerprint density at radius 1 is 1.36 bits per heavy atom. The zero-order valence-corrected chi connectivity index (χ0v) is 15.8. The summed E-state index contributed by atoms with van der Waals surface area (Å²) in [4.78, 5) is 29.9. The Hall–Kier alpha value is -1.63. The quantitative estimate of drug-likeness (QED) is 0.811. The first kappa shape index (κ1) is 18.2. The van der Waals surface area contributed by atoms with Crippen LogP contribution < -0.4 is 10.2 Å². The van der Waals surface area contributed by atoms with Crippen molar-refractivity contribution in [2.75, 3.05) is 18.0 Å². The second-order valence-electron chi connectivity index (χ2n) is 5.78. The van der Waals surface area contributed by atoms with E-state index in [9.17, 15) is 9.59 Å². The van der Waals surface area contributed by atoms with Crippen molar-refractivity contribution in [3.05, 3.63) is 44.9 Å². The number of thiazole rings is 1. The van der Waals surface area contributed by atoms with Gasteiger partial charge >= 0.3 is 0 Å². The molecule has 1 aliphatic rings. The number of carbonyl (C=O) groups is 2. The van der Waals surface area contributed by atoms with Crippen LogP contribution >= 0.6 is 34.5 Å². The van der Waals surface area contributed by atoms with Gasteiger partial charge in [-0.3, -0.25) is 14.5 Å². The average molecular weight is 398 g/mol. The molecule has 132 valence electrons. The summed E-state index contributed by atoms with van der Waals surface area (Å²) in [5.41, 5.74) is 1.62. The number of nitrogens with one attached hydrogen (secondary N) is 1. The van der Waals surface area contributed by atoms with Crippen LogP contribution in [0.25, 0.3) is 0 Å². The molecular formula is C17H17Cl2N3O2S. The highest BCUT2D eigenvalue weighted by Crippen LogP contribution is 2.25. The minimum absolute atomic E-state index is 0.102. The predicted octanol–water partition coefficient (Wildman–Crippen LogP) is 3.48. The normalized spacial score (nSPS) is 14.2. The van der Waals surface area contributed by atoms with E-state index in [4.69, 9.17) is 23.2 Å². The maximum Gasteiger partial charge on any atom is 0.228 e. The first-order chi connectivity index (χ1) is 12.0. The third kappa shape index (κ3) is 4.71. The predicted molar refractivity (Wildman–Crippen MR) is 101 cm³/mol. The smallest absolute Gasteiger partial charge is 0.228 e. The Balaban J connectivity index is 1.48. The fraction of sp³-hybridized carbons (Fsp3) is 0.353. The molecule has 1 aromatic heterocycles. The molecule has 0 unspecified atom stereocenters. The van der Waals surface area contributed by atoms with Crippen LogP contribution in [0, 0.1) is 0 Å². The molecule has 3 rings (SSSR count). The van der Waals surface area contributed by atoms with Gasteiger partial charge in [0.1, 0.15) is 0 Å². The SMILES string of the molecule is O=C(Cc1csc(N2CCCC2=O)n1)NCCc1ccc(Cl)cc1Cl. The van der Waals surface area contributed by atoms with E-state index in [0.717, 1.165) is 12.0 Å². The number of anilines is 1. The maximum absolute atomic E-state index is 12.1. The number of rotatable bonds is 6. The Morgan fingerprint density at radius 3 is 2.92 bits per heavy atom. The minimum atomic E-state index is -0.102. The van der Waals surface area contributed by atoms with Crippen molar-refractivity contribution in [3.63, 3.8) is 0 Å². The van der Waals surface area contributed by atoms with Gasteiger partial charge < -0.3 is 5.32 Å². The number of hydrogen-bond acceptors (Lipinski definition) is 4. The summed E-state index contributed by atoms with van der Waals surface area (Å²) in [7, 11) is 0. The largest absolute Gasteiger partial charge is 0.355 e. The Kier molecular flexibility index (Phi) is 5.93. The van der Waals surface area contributed by atoms with Gasteiger partial charge in [-0.05, 0) is 30.5 Å². The van der Waals surface area contributed by atoms with Gasteiger partial charge in [0.15, 0.2) is 5.13 Å². The molecule has 2 heterocycles. The number of nitrogens with zero attached hydrogens (tertiary/aromatic N) is 2. The lowest BCUT2D eigenvalue weighted by atomic mass is 10.1. The summed E-state index contributed by atoms with van der Waals surface area (Å²) in [5.74, 6) is -0.000112. The average Bonchev–Trinajstić information content (AvgIpc) is 3.18. The first-order valence-electron chi connectivity index (χ1n) is 7.98. The summed E-state index contributed by atoms with van der Waals surface area (Å²) >= 11 is 13.4. The van der Waals surface area contributed by atoms with E-state index in [0.29, 0.717) is 46.8 Å². The van der Waals surface area contributed by atoms with Gasteiger partial charge in [-0.2, -0.15) is 0 Å². The molecule has 0 atom stereocenters. The first-order valence-corrected chi connectivity index (χ1v) is 9.62. The number of hydrogen-bond donors (Lipinski definition) is 1. The highest BCUT2D eigenvalue weighted by molar-refractivity contribution is 7.14. The molecule has 1 N–H and O–H groups in total. The number of aromatic nitrogens is 1. The topological polar surface area (TPSA) is 62.3 Å². The van der Waals surface area contributed by atoms with Crippen molar-refractivity contribution in [1.82, 2.24) is 10.3 Å². The van der Waals surface area contributed by atoms with Crippen LogP contribution in [0.3, 0.4) is 0 Å². The number of benzene rings is 1. The lowest BCUT2D eigenvalue weighted by Gasteiger charge is -2.10. The molecule has 1 fully saturated rings. The van der Waals surface area contributed by atoms with E-state index < -0.39 is 0 Å². The van der Waals surface area contributed by atoms with Gasteiger partial charge in [0, 0.05) is 34.9 Å². The van der Waals surface area contributed by atoms with Gasteiger partial charge in [-0.15, -0.1) is 11.3 Å². The maximum atomic E-state index is 12.1. The highest BCUT2D eigenvalue weighted by Gasteiger charge is 2.24. The molecule has 0 bridgehead atoms. The molecule has 1 aliphatic heterocycles. The van der Waals surface area contributed by atoms with Crippen LogP contribution in [0.2, 0.25) is 10.0 Å². The van der Waals surface area contributed by atoms with Crippen molar-refractivity contribution in [3.8, 4) is 0 Å². The summed E-state index contributed by atoms with van der Waals surface area (Å²) in [5, 5.41) is 6.56. The van der Waals surface area contributed by atoms with Crippen LogP contribution in [-0.4, -0.2) is 29.9 Å². The van der Waals surface area contributed by atoms with E-state index >= 15 is 0 Å². The van der Waals surface area contributed by atoms with Gasteiger partial charge in [0.2, 0.25) is 11.8 Å². The number of halogens is 2. The molecule has 0 saturated carbocycles. The lowest BCUT2D eigenvalue weighted by molar-refractivity contribution is -0.120. The van der Waals surface area contributed by atoms with Gasteiger partial charge in [-0.25, -0.2) is 4.98 Å². The molecule has 8 heteroatoms. The molecule has 0 aliphatic carbocycles. The Morgan fingerprint density at radius 2 is 2.20 bits per heavy atom. The second kappa shape index (κ2) is 8.17. The summed E-state index contributed by atoms with van der Waals surface area (Å²) < 4.78 is 0. The highest BCUT2D eigenvalue weighted by atomic mass is 35.5. The van der Waals surface area contributed by atoms with E-state index in [-0.39, 0.29) is 18.2 Å². The zero-order chi connectivity index (χ0) is 17.8. The lowest BCUT2D eigenvalue weighted by Crippen LogP contribution is -2.27. The molecule has 0 radical (unpaired) electrons. The molecule has 2 amide bonds. The van der Waals surface area contributed by atoms with Crippen LogP contribution in [0.1, 0.15) is 24.1 Å². The summed E-state index contributed by atoms with van der Waals surface area (Å²) in [6.07, 6.45) is 2.27. The van der Waals surface area contributed by atoms with Crippen molar-refractivity contribution in [1.29, 1.82) is 0 Å². The van der Waals surface area contributed by atoms with Crippen molar-refractivity contribution >= 4 is 51.5 Å². The third-order valence-electron chi connectivity index (χ3n) is 3.92. The van der Waals surface area contributed by atoms with E-state index in [1.165, 1.54) is 11.3 Å². The Bertz CT molecular complexity index is 794. The Labute approximate surface area is 160 Å². The number of amides is 2.